The lowest BCUT2D eigenvalue weighted by Gasteiger charge is -2.35. The molecule has 0 unspecified atom stereocenters. The fraction of sp³-hybridized carbons (Fsp3) is 0.923. The Balaban J connectivity index is 2.41. The van der Waals surface area contributed by atoms with E-state index >= 15 is 0 Å². The van der Waals surface area contributed by atoms with Crippen molar-refractivity contribution in [2.75, 3.05) is 26.7 Å². The molecule has 1 aliphatic heterocycles. The molecule has 0 amide bonds. The SMILES string of the molecule is CCC1CCN(CC(C)(C)C(=O)OC)CC1. The van der Waals surface area contributed by atoms with Crippen LogP contribution in [0.3, 0.4) is 0 Å². The summed E-state index contributed by atoms with van der Waals surface area (Å²) in [5, 5.41) is 0. The van der Waals surface area contributed by atoms with Gasteiger partial charge in [-0.15, -0.1) is 0 Å². The van der Waals surface area contributed by atoms with Crippen LogP contribution in [-0.2, 0) is 9.53 Å². The van der Waals surface area contributed by atoms with Crippen LogP contribution in [-0.4, -0.2) is 37.6 Å². The van der Waals surface area contributed by atoms with Gasteiger partial charge < -0.3 is 9.64 Å². The average molecular weight is 227 g/mol. The zero-order chi connectivity index (χ0) is 12.2. The molecule has 0 aliphatic carbocycles. The summed E-state index contributed by atoms with van der Waals surface area (Å²) < 4.78 is 4.83. The van der Waals surface area contributed by atoms with E-state index in [0.29, 0.717) is 0 Å². The highest BCUT2D eigenvalue weighted by Gasteiger charge is 2.32. The van der Waals surface area contributed by atoms with Gasteiger partial charge in [0.2, 0.25) is 0 Å². The minimum Gasteiger partial charge on any atom is -0.469 e. The third kappa shape index (κ3) is 3.48. The third-order valence-electron chi connectivity index (χ3n) is 3.64. The highest BCUT2D eigenvalue weighted by Crippen LogP contribution is 2.24. The van der Waals surface area contributed by atoms with E-state index in [9.17, 15) is 4.79 Å². The molecule has 0 spiro atoms. The second kappa shape index (κ2) is 5.67. The number of hydrogen-bond donors (Lipinski definition) is 0. The number of rotatable bonds is 4. The number of methoxy groups -OCH3 is 1. The molecule has 0 aromatic rings. The average Bonchev–Trinajstić information content (AvgIpc) is 2.28. The van der Waals surface area contributed by atoms with Gasteiger partial charge in [0.1, 0.15) is 0 Å². The van der Waals surface area contributed by atoms with Crippen LogP contribution in [0.25, 0.3) is 0 Å². The molecule has 1 saturated heterocycles. The molecule has 94 valence electrons. The Morgan fingerprint density at radius 3 is 2.38 bits per heavy atom. The van der Waals surface area contributed by atoms with E-state index < -0.39 is 0 Å². The Hall–Kier alpha value is -0.570. The zero-order valence-corrected chi connectivity index (χ0v) is 11.1. The lowest BCUT2D eigenvalue weighted by atomic mass is 9.89. The lowest BCUT2D eigenvalue weighted by molar-refractivity contribution is -0.152. The Morgan fingerprint density at radius 1 is 1.38 bits per heavy atom. The number of piperidine rings is 1. The van der Waals surface area contributed by atoms with Gasteiger partial charge in [0.05, 0.1) is 12.5 Å². The minimum absolute atomic E-state index is 0.106. The maximum absolute atomic E-state index is 11.6. The summed E-state index contributed by atoms with van der Waals surface area (Å²) in [7, 11) is 1.47. The first kappa shape index (κ1) is 13.5. The van der Waals surface area contributed by atoms with E-state index in [1.54, 1.807) is 0 Å². The Labute approximate surface area is 99.1 Å². The number of carbonyl (C=O) groups is 1. The van der Waals surface area contributed by atoms with E-state index in [0.717, 1.165) is 25.6 Å². The van der Waals surface area contributed by atoms with E-state index in [2.05, 4.69) is 11.8 Å². The molecule has 0 bridgehead atoms. The highest BCUT2D eigenvalue weighted by molar-refractivity contribution is 5.76. The molecule has 1 heterocycles. The Bertz CT molecular complexity index is 230. The second-order valence-corrected chi connectivity index (χ2v) is 5.50. The summed E-state index contributed by atoms with van der Waals surface area (Å²) >= 11 is 0. The zero-order valence-electron chi connectivity index (χ0n) is 11.1. The summed E-state index contributed by atoms with van der Waals surface area (Å²) in [5.74, 6) is 0.780. The maximum Gasteiger partial charge on any atom is 0.312 e. The van der Waals surface area contributed by atoms with Gasteiger partial charge in [-0.2, -0.15) is 0 Å². The van der Waals surface area contributed by atoms with E-state index in [1.807, 2.05) is 13.8 Å². The fourth-order valence-electron chi connectivity index (χ4n) is 2.45. The molecule has 0 atom stereocenters. The maximum atomic E-state index is 11.6. The van der Waals surface area contributed by atoms with Crippen LogP contribution in [0.4, 0.5) is 0 Å². The normalized spacial score (nSPS) is 19.8. The van der Waals surface area contributed by atoms with E-state index in [4.69, 9.17) is 4.74 Å². The largest absolute Gasteiger partial charge is 0.469 e. The van der Waals surface area contributed by atoms with Gasteiger partial charge in [-0.05, 0) is 45.7 Å². The molecule has 0 aromatic heterocycles. The number of ether oxygens (including phenoxy) is 1. The molecule has 3 heteroatoms. The van der Waals surface area contributed by atoms with Crippen molar-refractivity contribution >= 4 is 5.97 Å². The van der Waals surface area contributed by atoms with Gasteiger partial charge in [-0.3, -0.25) is 4.79 Å². The predicted octanol–water partition coefficient (Wildman–Crippen LogP) is 2.31. The predicted molar refractivity (Wildman–Crippen MR) is 65.3 cm³/mol. The van der Waals surface area contributed by atoms with E-state index in [-0.39, 0.29) is 11.4 Å². The number of likely N-dealkylation sites (tertiary alicyclic amines) is 1. The van der Waals surface area contributed by atoms with Crippen molar-refractivity contribution in [3.8, 4) is 0 Å². The van der Waals surface area contributed by atoms with Crippen LogP contribution < -0.4 is 0 Å². The summed E-state index contributed by atoms with van der Waals surface area (Å²) in [6.07, 6.45) is 3.83. The Morgan fingerprint density at radius 2 is 1.94 bits per heavy atom. The minimum atomic E-state index is -0.381. The van der Waals surface area contributed by atoms with Crippen LogP contribution in [0, 0.1) is 11.3 Å². The number of esters is 1. The van der Waals surface area contributed by atoms with Gasteiger partial charge in [-0.1, -0.05) is 13.3 Å². The van der Waals surface area contributed by atoms with Gasteiger partial charge >= 0.3 is 5.97 Å². The quantitative estimate of drug-likeness (QED) is 0.690. The number of hydrogen-bond acceptors (Lipinski definition) is 3. The molecule has 1 aliphatic rings. The van der Waals surface area contributed by atoms with E-state index in [1.165, 1.54) is 26.4 Å². The standard InChI is InChI=1S/C13H25NO2/c1-5-11-6-8-14(9-7-11)10-13(2,3)12(15)16-4/h11H,5-10H2,1-4H3. The molecule has 0 N–H and O–H groups in total. The molecule has 1 fully saturated rings. The first-order chi connectivity index (χ1) is 7.49. The summed E-state index contributed by atoms with van der Waals surface area (Å²) in [6.45, 7) is 9.25. The highest BCUT2D eigenvalue weighted by atomic mass is 16.5. The number of carbonyl (C=O) groups excluding carboxylic acids is 1. The molecule has 0 aromatic carbocycles. The van der Waals surface area contributed by atoms with Crippen LogP contribution in [0.1, 0.15) is 40.0 Å². The monoisotopic (exact) mass is 227 g/mol. The van der Waals surface area contributed by atoms with Crippen LogP contribution in [0.2, 0.25) is 0 Å². The first-order valence-electron chi connectivity index (χ1n) is 6.30. The van der Waals surface area contributed by atoms with Gasteiger partial charge in [0, 0.05) is 6.54 Å². The van der Waals surface area contributed by atoms with Crippen molar-refractivity contribution in [3.63, 3.8) is 0 Å². The smallest absolute Gasteiger partial charge is 0.312 e. The topological polar surface area (TPSA) is 29.5 Å². The molecule has 0 radical (unpaired) electrons. The third-order valence-corrected chi connectivity index (χ3v) is 3.64. The molecular formula is C13H25NO2. The van der Waals surface area contributed by atoms with Gasteiger partial charge in [0.25, 0.3) is 0 Å². The van der Waals surface area contributed by atoms with Crippen molar-refractivity contribution in [1.82, 2.24) is 4.90 Å². The summed E-state index contributed by atoms with van der Waals surface area (Å²) in [6, 6.07) is 0. The molecule has 3 nitrogen and oxygen atoms in total. The number of nitrogens with zero attached hydrogens (tertiary/aromatic N) is 1. The van der Waals surface area contributed by atoms with Crippen LogP contribution in [0.5, 0.6) is 0 Å². The fourth-order valence-corrected chi connectivity index (χ4v) is 2.45. The van der Waals surface area contributed by atoms with Gasteiger partial charge in [0.15, 0.2) is 0 Å². The Kier molecular flexibility index (Phi) is 4.78. The molecule has 0 saturated carbocycles. The van der Waals surface area contributed by atoms with Crippen molar-refractivity contribution in [2.45, 2.75) is 40.0 Å². The molecular weight excluding hydrogens is 202 g/mol. The van der Waals surface area contributed by atoms with Crippen molar-refractivity contribution in [1.29, 1.82) is 0 Å². The molecule has 1 rings (SSSR count). The van der Waals surface area contributed by atoms with Crippen molar-refractivity contribution in [3.05, 3.63) is 0 Å². The van der Waals surface area contributed by atoms with Crippen LogP contribution >= 0.6 is 0 Å². The second-order valence-electron chi connectivity index (χ2n) is 5.50. The summed E-state index contributed by atoms with van der Waals surface area (Å²) in [5.41, 5.74) is -0.381. The molecule has 16 heavy (non-hydrogen) atoms. The van der Waals surface area contributed by atoms with Gasteiger partial charge in [-0.25, -0.2) is 0 Å². The lowest BCUT2D eigenvalue weighted by Crippen LogP contribution is -2.43. The van der Waals surface area contributed by atoms with Crippen molar-refractivity contribution < 1.29 is 9.53 Å². The van der Waals surface area contributed by atoms with Crippen molar-refractivity contribution in [2.24, 2.45) is 11.3 Å². The van der Waals surface area contributed by atoms with Crippen LogP contribution in [0.15, 0.2) is 0 Å². The first-order valence-corrected chi connectivity index (χ1v) is 6.30. The summed E-state index contributed by atoms with van der Waals surface area (Å²) in [4.78, 5) is 14.0.